The van der Waals surface area contributed by atoms with Crippen molar-refractivity contribution < 1.29 is 4.79 Å². The summed E-state index contributed by atoms with van der Waals surface area (Å²) < 4.78 is 0. The lowest BCUT2D eigenvalue weighted by Gasteiger charge is -2.17. The number of likely N-dealkylation sites (N-methyl/N-ethyl adjacent to an activating group) is 1. The van der Waals surface area contributed by atoms with Gasteiger partial charge in [0.2, 0.25) is 5.91 Å². The van der Waals surface area contributed by atoms with Gasteiger partial charge in [-0.2, -0.15) is 5.10 Å². The molecule has 0 bridgehead atoms. The number of benzene rings is 1. The molecule has 2 N–H and O–H groups in total. The van der Waals surface area contributed by atoms with E-state index in [2.05, 4.69) is 41.2 Å². The summed E-state index contributed by atoms with van der Waals surface area (Å²) >= 11 is 0. The van der Waals surface area contributed by atoms with Gasteiger partial charge in [-0.1, -0.05) is 12.1 Å². The van der Waals surface area contributed by atoms with Gasteiger partial charge in [-0.25, -0.2) is 0 Å². The van der Waals surface area contributed by atoms with Crippen molar-refractivity contribution in [2.45, 2.75) is 33.6 Å². The van der Waals surface area contributed by atoms with Gasteiger partial charge < -0.3 is 9.88 Å². The third-order valence-electron chi connectivity index (χ3n) is 4.73. The van der Waals surface area contributed by atoms with Crippen molar-refractivity contribution in [3.8, 4) is 0 Å². The molecule has 0 aliphatic rings. The number of hydrogen-bond acceptors (Lipinski definition) is 2. The molecule has 0 saturated heterocycles. The van der Waals surface area contributed by atoms with E-state index in [-0.39, 0.29) is 5.91 Å². The Morgan fingerprint density at radius 3 is 2.67 bits per heavy atom. The molecule has 0 aliphatic heterocycles. The maximum Gasteiger partial charge on any atom is 0.226 e. The fourth-order valence-electron chi connectivity index (χ4n) is 3.15. The van der Waals surface area contributed by atoms with E-state index in [0.717, 1.165) is 28.8 Å². The molecule has 0 spiro atoms. The van der Waals surface area contributed by atoms with Crippen LogP contribution in [0.25, 0.3) is 10.9 Å². The zero-order valence-electron chi connectivity index (χ0n) is 14.7. The number of rotatable bonds is 5. The molecule has 1 amide bonds. The molecule has 0 radical (unpaired) electrons. The highest BCUT2D eigenvalue weighted by Gasteiger charge is 2.17. The lowest BCUT2D eigenvalue weighted by molar-refractivity contribution is -0.129. The molecule has 0 atom stereocenters. The third kappa shape index (κ3) is 3.07. The summed E-state index contributed by atoms with van der Waals surface area (Å²) in [5.74, 6) is 0.142. The first-order chi connectivity index (χ1) is 11.5. The zero-order valence-corrected chi connectivity index (χ0v) is 14.7. The van der Waals surface area contributed by atoms with E-state index in [9.17, 15) is 4.79 Å². The largest absolute Gasteiger partial charge is 0.358 e. The number of carbonyl (C=O) groups excluding carboxylic acids is 1. The Labute approximate surface area is 142 Å². The normalized spacial score (nSPS) is 11.2. The minimum Gasteiger partial charge on any atom is -0.358 e. The van der Waals surface area contributed by atoms with Crippen molar-refractivity contribution in [2.24, 2.45) is 0 Å². The van der Waals surface area contributed by atoms with Crippen molar-refractivity contribution in [1.82, 2.24) is 20.1 Å². The summed E-state index contributed by atoms with van der Waals surface area (Å²) in [4.78, 5) is 17.9. The molecule has 5 heteroatoms. The number of amides is 1. The number of aromatic nitrogens is 3. The number of aryl methyl sites for hydroxylation is 3. The van der Waals surface area contributed by atoms with Gasteiger partial charge in [0.15, 0.2) is 0 Å². The maximum absolute atomic E-state index is 12.7. The standard InChI is InChI=1S/C19H24N4O/c1-12-5-6-13(2)19-18(12)16(14(3)22-19)9-17(24)23(4)8-7-15-10-20-21-11-15/h5-6,10-11,22H,7-9H2,1-4H3,(H,20,21). The third-order valence-corrected chi connectivity index (χ3v) is 4.73. The molecule has 3 aromatic rings. The summed E-state index contributed by atoms with van der Waals surface area (Å²) in [6, 6.07) is 4.25. The topological polar surface area (TPSA) is 64.8 Å². The summed E-state index contributed by atoms with van der Waals surface area (Å²) in [5.41, 5.74) is 6.89. The molecule has 5 nitrogen and oxygen atoms in total. The molecule has 0 unspecified atom stereocenters. The van der Waals surface area contributed by atoms with Crippen LogP contribution in [0, 0.1) is 20.8 Å². The second-order valence-corrected chi connectivity index (χ2v) is 6.53. The fraction of sp³-hybridized carbons (Fsp3) is 0.368. The highest BCUT2D eigenvalue weighted by Crippen LogP contribution is 2.28. The summed E-state index contributed by atoms with van der Waals surface area (Å²) in [6.45, 7) is 6.94. The number of carbonyl (C=O) groups is 1. The Kier molecular flexibility index (Phi) is 4.42. The van der Waals surface area contributed by atoms with Gasteiger partial charge in [0.05, 0.1) is 12.6 Å². The van der Waals surface area contributed by atoms with E-state index in [1.54, 1.807) is 11.1 Å². The molecule has 0 saturated carbocycles. The van der Waals surface area contributed by atoms with E-state index in [0.29, 0.717) is 13.0 Å². The Bertz CT molecular complexity index is 861. The van der Waals surface area contributed by atoms with Crippen LogP contribution in [0.15, 0.2) is 24.5 Å². The SMILES string of the molecule is Cc1[nH]c2c(C)ccc(C)c2c1CC(=O)N(C)CCc1cn[nH]c1. The Balaban J connectivity index is 1.78. The first-order valence-corrected chi connectivity index (χ1v) is 8.26. The number of nitrogens with one attached hydrogen (secondary N) is 2. The van der Waals surface area contributed by atoms with E-state index >= 15 is 0 Å². The van der Waals surface area contributed by atoms with Gasteiger partial charge in [0.25, 0.3) is 0 Å². The fourth-order valence-corrected chi connectivity index (χ4v) is 3.15. The van der Waals surface area contributed by atoms with Crippen molar-refractivity contribution in [3.63, 3.8) is 0 Å². The van der Waals surface area contributed by atoms with Gasteiger partial charge in [0.1, 0.15) is 0 Å². The number of aromatic amines is 2. The predicted octanol–water partition coefficient (Wildman–Crippen LogP) is 3.06. The number of nitrogens with zero attached hydrogens (tertiary/aromatic N) is 2. The Morgan fingerprint density at radius 1 is 1.21 bits per heavy atom. The zero-order chi connectivity index (χ0) is 17.3. The molecule has 2 aromatic heterocycles. The maximum atomic E-state index is 12.7. The Morgan fingerprint density at radius 2 is 1.96 bits per heavy atom. The van der Waals surface area contributed by atoms with Crippen molar-refractivity contribution in [2.75, 3.05) is 13.6 Å². The average molecular weight is 324 g/mol. The van der Waals surface area contributed by atoms with Gasteiger partial charge >= 0.3 is 0 Å². The van der Waals surface area contributed by atoms with Crippen LogP contribution in [0.3, 0.4) is 0 Å². The van der Waals surface area contributed by atoms with Gasteiger partial charge in [0, 0.05) is 36.4 Å². The minimum absolute atomic E-state index is 0.142. The molecule has 0 fully saturated rings. The van der Waals surface area contributed by atoms with Crippen LogP contribution in [-0.2, 0) is 17.6 Å². The second kappa shape index (κ2) is 6.51. The lowest BCUT2D eigenvalue weighted by atomic mass is 10.0. The second-order valence-electron chi connectivity index (χ2n) is 6.53. The van der Waals surface area contributed by atoms with Crippen LogP contribution >= 0.6 is 0 Å². The molecule has 0 aliphatic carbocycles. The number of hydrogen-bond donors (Lipinski definition) is 2. The van der Waals surface area contributed by atoms with Crippen LogP contribution in [0.1, 0.15) is 27.9 Å². The Hall–Kier alpha value is -2.56. The molecule has 2 heterocycles. The van der Waals surface area contributed by atoms with Crippen LogP contribution in [0.4, 0.5) is 0 Å². The molecule has 3 rings (SSSR count). The van der Waals surface area contributed by atoms with Gasteiger partial charge in [-0.05, 0) is 49.4 Å². The van der Waals surface area contributed by atoms with Crippen molar-refractivity contribution >= 4 is 16.8 Å². The molecule has 1 aromatic carbocycles. The van der Waals surface area contributed by atoms with Crippen LogP contribution in [0.5, 0.6) is 0 Å². The highest BCUT2D eigenvalue weighted by molar-refractivity contribution is 5.93. The number of fused-ring (bicyclic) bond motifs is 1. The summed E-state index contributed by atoms with van der Waals surface area (Å²) in [6.07, 6.45) is 4.91. The molecular weight excluding hydrogens is 300 g/mol. The predicted molar refractivity (Wildman–Crippen MR) is 96.1 cm³/mol. The van der Waals surface area contributed by atoms with Gasteiger partial charge in [-0.3, -0.25) is 9.89 Å². The summed E-state index contributed by atoms with van der Waals surface area (Å²) in [7, 11) is 1.87. The molecular formula is C19H24N4O. The van der Waals surface area contributed by atoms with E-state index in [1.165, 1.54) is 16.5 Å². The quantitative estimate of drug-likeness (QED) is 0.757. The monoisotopic (exact) mass is 324 g/mol. The first kappa shape index (κ1) is 16.3. The highest BCUT2D eigenvalue weighted by atomic mass is 16.2. The van der Waals surface area contributed by atoms with Crippen molar-refractivity contribution in [1.29, 1.82) is 0 Å². The summed E-state index contributed by atoms with van der Waals surface area (Å²) in [5, 5.41) is 7.94. The van der Waals surface area contributed by atoms with E-state index < -0.39 is 0 Å². The van der Waals surface area contributed by atoms with Gasteiger partial charge in [-0.15, -0.1) is 0 Å². The smallest absolute Gasteiger partial charge is 0.226 e. The van der Waals surface area contributed by atoms with Crippen LogP contribution < -0.4 is 0 Å². The minimum atomic E-state index is 0.142. The van der Waals surface area contributed by atoms with Crippen LogP contribution in [-0.4, -0.2) is 39.6 Å². The number of H-pyrrole nitrogens is 2. The van der Waals surface area contributed by atoms with E-state index in [4.69, 9.17) is 0 Å². The molecule has 126 valence electrons. The lowest BCUT2D eigenvalue weighted by Crippen LogP contribution is -2.30. The average Bonchev–Trinajstić information content (AvgIpc) is 3.18. The van der Waals surface area contributed by atoms with Crippen LogP contribution in [0.2, 0.25) is 0 Å². The van der Waals surface area contributed by atoms with Crippen molar-refractivity contribution in [3.05, 3.63) is 52.5 Å². The van der Waals surface area contributed by atoms with E-state index in [1.807, 2.05) is 20.2 Å². The first-order valence-electron chi connectivity index (χ1n) is 8.26. The molecule has 24 heavy (non-hydrogen) atoms.